The quantitative estimate of drug-likeness (QED) is 0.736. The van der Waals surface area contributed by atoms with Crippen LogP contribution in [0.3, 0.4) is 0 Å². The predicted octanol–water partition coefficient (Wildman–Crippen LogP) is 1.78. The van der Waals surface area contributed by atoms with E-state index in [0.717, 1.165) is 31.4 Å². The van der Waals surface area contributed by atoms with Crippen molar-refractivity contribution >= 4 is 17.6 Å². The van der Waals surface area contributed by atoms with Crippen LogP contribution in [-0.4, -0.2) is 22.7 Å². The van der Waals surface area contributed by atoms with Gasteiger partial charge in [0.1, 0.15) is 17.1 Å². The van der Waals surface area contributed by atoms with Gasteiger partial charge in [0.05, 0.1) is 0 Å². The highest BCUT2D eigenvalue weighted by atomic mass is 19.1. The van der Waals surface area contributed by atoms with Crippen LogP contribution in [0, 0.1) is 11.6 Å². The maximum absolute atomic E-state index is 14.3. The molecule has 1 saturated carbocycles. The third-order valence-electron chi connectivity index (χ3n) is 4.08. The lowest BCUT2D eigenvalue weighted by atomic mass is 9.87. The van der Waals surface area contributed by atoms with E-state index in [1.54, 1.807) is 0 Å². The lowest BCUT2D eigenvalue weighted by molar-refractivity contribution is 0.301. The van der Waals surface area contributed by atoms with Crippen LogP contribution >= 0.6 is 0 Å². The minimum atomic E-state index is -0.924. The summed E-state index contributed by atoms with van der Waals surface area (Å²) in [6.45, 7) is 0. The molecular formula is C14H17F2N5O. The van der Waals surface area contributed by atoms with Crippen molar-refractivity contribution in [3.05, 3.63) is 23.8 Å². The number of aliphatic imine (C=N–C) groups is 2. The van der Waals surface area contributed by atoms with Gasteiger partial charge < -0.3 is 16.6 Å². The largest absolute Gasteiger partial charge is 0.508 e. The predicted molar refractivity (Wildman–Crippen MR) is 79.6 cm³/mol. The minimum Gasteiger partial charge on any atom is -0.508 e. The molecule has 1 aliphatic heterocycles. The molecule has 22 heavy (non-hydrogen) atoms. The van der Waals surface area contributed by atoms with Crippen molar-refractivity contribution in [2.45, 2.75) is 37.8 Å². The van der Waals surface area contributed by atoms with Crippen molar-refractivity contribution in [1.82, 2.24) is 0 Å². The molecule has 2 aliphatic rings. The van der Waals surface area contributed by atoms with Crippen LogP contribution in [0.5, 0.6) is 5.75 Å². The molecule has 0 unspecified atom stereocenters. The fraction of sp³-hybridized carbons (Fsp3) is 0.429. The molecule has 1 aliphatic carbocycles. The van der Waals surface area contributed by atoms with E-state index in [-0.39, 0.29) is 17.6 Å². The molecular weight excluding hydrogens is 292 g/mol. The van der Waals surface area contributed by atoms with E-state index in [0.29, 0.717) is 12.8 Å². The first-order valence-corrected chi connectivity index (χ1v) is 7.11. The highest BCUT2D eigenvalue weighted by Crippen LogP contribution is 2.41. The van der Waals surface area contributed by atoms with Crippen LogP contribution in [0.2, 0.25) is 0 Å². The highest BCUT2D eigenvalue weighted by Gasteiger charge is 2.44. The Bertz CT molecular complexity index is 644. The number of phenols is 1. The van der Waals surface area contributed by atoms with Crippen LogP contribution in [0.25, 0.3) is 0 Å². The number of aromatic hydroxyl groups is 1. The number of anilines is 1. The molecule has 8 heteroatoms. The van der Waals surface area contributed by atoms with Gasteiger partial charge in [0.15, 0.2) is 11.6 Å². The van der Waals surface area contributed by atoms with Gasteiger partial charge in [-0.15, -0.1) is 0 Å². The van der Waals surface area contributed by atoms with E-state index in [1.165, 1.54) is 4.90 Å². The Kier molecular flexibility index (Phi) is 3.38. The molecule has 0 radical (unpaired) electrons. The Balaban J connectivity index is 2.16. The number of hydrogen-bond acceptors (Lipinski definition) is 6. The Morgan fingerprint density at radius 3 is 2.27 bits per heavy atom. The van der Waals surface area contributed by atoms with Gasteiger partial charge in [-0.2, -0.15) is 4.99 Å². The molecule has 0 saturated heterocycles. The number of benzene rings is 1. The fourth-order valence-corrected chi connectivity index (χ4v) is 3.21. The van der Waals surface area contributed by atoms with Crippen LogP contribution in [-0.2, 0) is 0 Å². The molecule has 1 aromatic rings. The Hall–Kier alpha value is -2.38. The molecule has 1 heterocycles. The van der Waals surface area contributed by atoms with Crippen molar-refractivity contribution in [3.8, 4) is 5.75 Å². The van der Waals surface area contributed by atoms with E-state index < -0.39 is 23.0 Å². The summed E-state index contributed by atoms with van der Waals surface area (Å²) in [7, 11) is 0. The lowest BCUT2D eigenvalue weighted by Gasteiger charge is -2.45. The monoisotopic (exact) mass is 309 g/mol. The zero-order chi connectivity index (χ0) is 15.9. The van der Waals surface area contributed by atoms with Gasteiger partial charge in [-0.05, 0) is 25.7 Å². The van der Waals surface area contributed by atoms with Crippen molar-refractivity contribution in [2.24, 2.45) is 21.5 Å². The third-order valence-corrected chi connectivity index (χ3v) is 4.08. The Morgan fingerprint density at radius 1 is 1.09 bits per heavy atom. The van der Waals surface area contributed by atoms with E-state index in [9.17, 15) is 13.9 Å². The summed E-state index contributed by atoms with van der Waals surface area (Å²) in [6.07, 6.45) is 3.86. The molecule has 3 rings (SSSR count). The summed E-state index contributed by atoms with van der Waals surface area (Å²) >= 11 is 0. The number of nitrogens with zero attached hydrogens (tertiary/aromatic N) is 3. The van der Waals surface area contributed by atoms with Crippen LogP contribution in [0.1, 0.15) is 32.1 Å². The first kappa shape index (κ1) is 14.6. The molecule has 1 spiro atoms. The standard InChI is InChI=1S/C14H17F2N5O/c15-9-6-8(22)7-10(16)11(9)21-13(18)19-12(17)20-14(21)4-2-1-3-5-14/h6-7,22H,1-5H2,(H4,17,18,19,20). The first-order chi connectivity index (χ1) is 10.4. The SMILES string of the molecule is NC1=NC2(CCCCC2)N(c2c(F)cc(O)cc2F)C(N)=N1. The zero-order valence-electron chi connectivity index (χ0n) is 11.9. The minimum absolute atomic E-state index is 0.00949. The second kappa shape index (κ2) is 5.11. The maximum atomic E-state index is 14.3. The van der Waals surface area contributed by atoms with Crippen LogP contribution < -0.4 is 16.4 Å². The van der Waals surface area contributed by atoms with E-state index in [4.69, 9.17) is 11.5 Å². The number of halogens is 2. The van der Waals surface area contributed by atoms with Gasteiger partial charge in [-0.25, -0.2) is 13.8 Å². The van der Waals surface area contributed by atoms with Gasteiger partial charge >= 0.3 is 0 Å². The topological polar surface area (TPSA) is 100 Å². The summed E-state index contributed by atoms with van der Waals surface area (Å²) < 4.78 is 28.5. The number of hydrogen-bond donors (Lipinski definition) is 3. The highest BCUT2D eigenvalue weighted by molar-refractivity contribution is 6.05. The molecule has 1 fully saturated rings. The number of rotatable bonds is 1. The normalized spacial score (nSPS) is 20.7. The van der Waals surface area contributed by atoms with Crippen molar-refractivity contribution < 1.29 is 13.9 Å². The smallest absolute Gasteiger partial charge is 0.220 e. The van der Waals surface area contributed by atoms with Crippen molar-refractivity contribution in [1.29, 1.82) is 0 Å². The van der Waals surface area contributed by atoms with Crippen molar-refractivity contribution in [2.75, 3.05) is 4.90 Å². The summed E-state index contributed by atoms with van der Waals surface area (Å²) in [4.78, 5) is 9.46. The molecule has 0 atom stereocenters. The summed E-state index contributed by atoms with van der Waals surface area (Å²) in [5.74, 6) is -2.42. The number of nitrogens with two attached hydrogens (primary N) is 2. The average molecular weight is 309 g/mol. The fourth-order valence-electron chi connectivity index (χ4n) is 3.21. The van der Waals surface area contributed by atoms with E-state index >= 15 is 0 Å². The van der Waals surface area contributed by atoms with Gasteiger partial charge in [0.25, 0.3) is 0 Å². The average Bonchev–Trinajstić information content (AvgIpc) is 2.41. The lowest BCUT2D eigenvalue weighted by Crippen LogP contribution is -2.58. The number of guanidine groups is 2. The zero-order valence-corrected chi connectivity index (χ0v) is 11.9. The van der Waals surface area contributed by atoms with Crippen LogP contribution in [0.4, 0.5) is 14.5 Å². The summed E-state index contributed by atoms with van der Waals surface area (Å²) in [6, 6.07) is 1.67. The Labute approximate surface area is 126 Å². The molecule has 118 valence electrons. The maximum Gasteiger partial charge on any atom is 0.220 e. The molecule has 0 aromatic heterocycles. The van der Waals surface area contributed by atoms with E-state index in [2.05, 4.69) is 9.98 Å². The first-order valence-electron chi connectivity index (χ1n) is 7.11. The molecule has 5 N–H and O–H groups in total. The molecule has 1 aromatic carbocycles. The van der Waals surface area contributed by atoms with E-state index in [1.807, 2.05) is 0 Å². The third kappa shape index (κ3) is 2.24. The molecule has 6 nitrogen and oxygen atoms in total. The molecule has 0 amide bonds. The number of phenolic OH excluding ortho intramolecular Hbond substituents is 1. The molecule has 0 bridgehead atoms. The van der Waals surface area contributed by atoms with Crippen molar-refractivity contribution in [3.63, 3.8) is 0 Å². The summed E-state index contributed by atoms with van der Waals surface area (Å²) in [5, 5.41) is 9.32. The summed E-state index contributed by atoms with van der Waals surface area (Å²) in [5.41, 5.74) is 10.3. The Morgan fingerprint density at radius 2 is 1.68 bits per heavy atom. The van der Waals surface area contributed by atoms with Gasteiger partial charge in [0, 0.05) is 12.1 Å². The second-order valence-electron chi connectivity index (χ2n) is 5.58. The second-order valence-corrected chi connectivity index (χ2v) is 5.58. The van der Waals surface area contributed by atoms with Crippen LogP contribution in [0.15, 0.2) is 22.1 Å². The van der Waals surface area contributed by atoms with Gasteiger partial charge in [0.2, 0.25) is 11.9 Å². The van der Waals surface area contributed by atoms with Gasteiger partial charge in [-0.1, -0.05) is 6.42 Å². The van der Waals surface area contributed by atoms with Gasteiger partial charge in [-0.3, -0.25) is 4.90 Å².